The first-order valence-electron chi connectivity index (χ1n) is 23.5. The van der Waals surface area contributed by atoms with Gasteiger partial charge in [0.2, 0.25) is 0 Å². The summed E-state index contributed by atoms with van der Waals surface area (Å²) in [6, 6.07) is 11.6. The summed E-state index contributed by atoms with van der Waals surface area (Å²) in [6.07, 6.45) is 1.79. The third kappa shape index (κ3) is 20.9. The highest BCUT2D eigenvalue weighted by Gasteiger charge is 2.29. The van der Waals surface area contributed by atoms with Crippen LogP contribution in [-0.4, -0.2) is 83.7 Å². The van der Waals surface area contributed by atoms with E-state index >= 15 is 0 Å². The van der Waals surface area contributed by atoms with Crippen molar-refractivity contribution in [3.8, 4) is 17.2 Å². The molecule has 0 atom stereocenters. The van der Waals surface area contributed by atoms with Gasteiger partial charge < -0.3 is 46.0 Å². The molecule has 0 saturated carbocycles. The predicted molar refractivity (Wildman–Crippen MR) is 274 cm³/mol. The van der Waals surface area contributed by atoms with Crippen molar-refractivity contribution in [3.05, 3.63) is 86.5 Å². The molecule has 0 fully saturated rings. The molecule has 0 aliphatic rings. The second-order valence-corrected chi connectivity index (χ2v) is 24.6. The fourth-order valence-corrected chi connectivity index (χ4v) is 6.85. The van der Waals surface area contributed by atoms with Crippen molar-refractivity contribution in [3.63, 3.8) is 0 Å². The largest absolute Gasteiger partial charge is 0.507 e. The zero-order valence-electron chi connectivity index (χ0n) is 45.1. The summed E-state index contributed by atoms with van der Waals surface area (Å²) in [5.74, 6) is -1.38. The number of carboxylic acid groups (broad SMARTS) is 3. The number of aromatic hydroxyl groups is 3. The first kappa shape index (κ1) is 63.4. The number of phenolic OH excluding ortho intramolecular Hbond substituents is 3. The fraction of sp³-hybridized carbons (Fsp3) is 0.625. The van der Waals surface area contributed by atoms with Crippen molar-refractivity contribution in [2.75, 3.05) is 19.8 Å². The second kappa shape index (κ2) is 24.8. The SMILES string of the molecule is CC(C)(C)c1cc(CCC(=O)O)cc(C(C)(C)C)c1O.CC(C)(C)c1cc(CCC(=O)O)cc(C(C)(C)C)c1O.CC(C)(C)c1cc(CCC(=O)O)cc(C(C)(C)C)c1O.CC(CO)(CO)CO. The van der Waals surface area contributed by atoms with Gasteiger partial charge in [0.05, 0.1) is 19.8 Å². The van der Waals surface area contributed by atoms with Crippen LogP contribution >= 0.6 is 0 Å². The molecule has 3 aromatic carbocycles. The third-order valence-corrected chi connectivity index (χ3v) is 11.4. The molecule has 0 bridgehead atoms. The average molecular weight is 955 g/mol. The Morgan fingerprint density at radius 3 is 0.574 bits per heavy atom. The van der Waals surface area contributed by atoms with Crippen LogP contribution in [0.3, 0.4) is 0 Å². The van der Waals surface area contributed by atoms with Crippen LogP contribution in [0.2, 0.25) is 0 Å². The van der Waals surface area contributed by atoms with Gasteiger partial charge in [0.1, 0.15) is 17.2 Å². The highest BCUT2D eigenvalue weighted by atomic mass is 16.4. The molecule has 12 nitrogen and oxygen atoms in total. The Morgan fingerprint density at radius 1 is 0.338 bits per heavy atom. The highest BCUT2D eigenvalue weighted by Crippen LogP contribution is 2.42. The summed E-state index contributed by atoms with van der Waals surface area (Å²) >= 11 is 0. The van der Waals surface area contributed by atoms with Gasteiger partial charge in [-0.15, -0.1) is 0 Å². The van der Waals surface area contributed by atoms with Gasteiger partial charge in [-0.2, -0.15) is 0 Å². The van der Waals surface area contributed by atoms with Crippen molar-refractivity contribution < 1.29 is 60.3 Å². The number of phenols is 3. The topological polar surface area (TPSA) is 233 Å². The van der Waals surface area contributed by atoms with E-state index in [-0.39, 0.29) is 71.6 Å². The van der Waals surface area contributed by atoms with Gasteiger partial charge >= 0.3 is 17.9 Å². The van der Waals surface area contributed by atoms with E-state index in [2.05, 4.69) is 125 Å². The zero-order chi connectivity index (χ0) is 53.8. The average Bonchev–Trinajstić information content (AvgIpc) is 3.17. The second-order valence-electron chi connectivity index (χ2n) is 24.6. The molecule has 0 aliphatic carbocycles. The Kier molecular flexibility index (Phi) is 23.1. The lowest BCUT2D eigenvalue weighted by atomic mass is 9.78. The molecule has 386 valence electrons. The number of hydrogen-bond donors (Lipinski definition) is 9. The van der Waals surface area contributed by atoms with E-state index in [4.69, 9.17) is 30.6 Å². The van der Waals surface area contributed by atoms with Crippen molar-refractivity contribution in [1.82, 2.24) is 0 Å². The van der Waals surface area contributed by atoms with Crippen LogP contribution in [0.15, 0.2) is 36.4 Å². The Hall–Kier alpha value is -4.65. The molecular weight excluding hydrogens is 865 g/mol. The smallest absolute Gasteiger partial charge is 0.303 e. The zero-order valence-corrected chi connectivity index (χ0v) is 45.1. The standard InChI is InChI=1S/3C17H26O3.C5H12O3/c3*1-16(2,3)12-9-11(7-8-14(18)19)10-13(15(12)20)17(4,5)6;1-5(2-6,3-7)4-8/h3*9-10,20H,7-8H2,1-6H3,(H,18,19);6-8H,2-4H2,1H3. The summed E-state index contributed by atoms with van der Waals surface area (Å²) in [7, 11) is 0. The van der Waals surface area contributed by atoms with Gasteiger partial charge in [-0.25, -0.2) is 0 Å². The van der Waals surface area contributed by atoms with Crippen LogP contribution in [0, 0.1) is 5.41 Å². The van der Waals surface area contributed by atoms with Gasteiger partial charge in [0.25, 0.3) is 0 Å². The quantitative estimate of drug-likeness (QED) is 0.0825. The number of aliphatic hydroxyl groups is 3. The molecule has 0 amide bonds. The van der Waals surface area contributed by atoms with Crippen molar-refractivity contribution in [2.45, 2.75) is 203 Å². The van der Waals surface area contributed by atoms with Crippen molar-refractivity contribution in [2.24, 2.45) is 5.41 Å². The molecule has 0 heterocycles. The summed E-state index contributed by atoms with van der Waals surface area (Å²) in [4.78, 5) is 32.3. The molecule has 3 aromatic rings. The van der Waals surface area contributed by atoms with E-state index in [1.807, 2.05) is 36.4 Å². The van der Waals surface area contributed by atoms with E-state index < -0.39 is 23.3 Å². The van der Waals surface area contributed by atoms with E-state index in [0.717, 1.165) is 50.1 Å². The molecule has 3 rings (SSSR count). The molecule has 0 aromatic heterocycles. The summed E-state index contributed by atoms with van der Waals surface area (Å²) < 4.78 is 0. The van der Waals surface area contributed by atoms with Crippen LogP contribution in [0.25, 0.3) is 0 Å². The van der Waals surface area contributed by atoms with Crippen LogP contribution in [-0.2, 0) is 66.1 Å². The predicted octanol–water partition coefficient (Wildman–Crippen LogP) is 11.0. The Bertz CT molecular complexity index is 1780. The molecule has 9 N–H and O–H groups in total. The summed E-state index contributed by atoms with van der Waals surface area (Å²) in [5, 5.41) is 83.5. The molecule has 0 unspecified atom stereocenters. The van der Waals surface area contributed by atoms with Gasteiger partial charge in [-0.05, 0) is 102 Å². The number of carbonyl (C=O) groups is 3. The highest BCUT2D eigenvalue weighted by molar-refractivity contribution is 5.68. The fourth-order valence-electron chi connectivity index (χ4n) is 6.85. The number of benzene rings is 3. The minimum Gasteiger partial charge on any atom is -0.507 e. The Morgan fingerprint density at radius 2 is 0.485 bits per heavy atom. The number of aliphatic carboxylic acids is 3. The number of aliphatic hydroxyl groups excluding tert-OH is 3. The van der Waals surface area contributed by atoms with Gasteiger partial charge in [0.15, 0.2) is 0 Å². The number of aryl methyl sites for hydroxylation is 3. The molecule has 0 radical (unpaired) electrons. The summed E-state index contributed by atoms with van der Waals surface area (Å²) in [6.45, 7) is 38.0. The molecule has 0 aliphatic heterocycles. The summed E-state index contributed by atoms with van der Waals surface area (Å²) in [5.41, 5.74) is 6.42. The van der Waals surface area contributed by atoms with Crippen LogP contribution in [0.1, 0.15) is 201 Å². The molecule has 0 spiro atoms. The Labute approximate surface area is 408 Å². The lowest BCUT2D eigenvalue weighted by molar-refractivity contribution is -0.138. The van der Waals surface area contributed by atoms with E-state index in [1.54, 1.807) is 6.92 Å². The lowest BCUT2D eigenvalue weighted by Crippen LogP contribution is -2.29. The first-order valence-corrected chi connectivity index (χ1v) is 23.5. The first-order chi connectivity index (χ1) is 30.5. The minimum atomic E-state index is -0.798. The van der Waals surface area contributed by atoms with E-state index in [9.17, 15) is 29.7 Å². The van der Waals surface area contributed by atoms with E-state index in [1.165, 1.54) is 0 Å². The maximum absolute atomic E-state index is 10.8. The number of hydrogen-bond acceptors (Lipinski definition) is 9. The maximum atomic E-state index is 10.8. The van der Waals surface area contributed by atoms with Crippen LogP contribution in [0.5, 0.6) is 17.2 Å². The van der Waals surface area contributed by atoms with Gasteiger partial charge in [-0.1, -0.05) is 168 Å². The lowest BCUT2D eigenvalue weighted by Gasteiger charge is -2.28. The van der Waals surface area contributed by atoms with Crippen LogP contribution in [0.4, 0.5) is 0 Å². The van der Waals surface area contributed by atoms with Crippen LogP contribution < -0.4 is 0 Å². The monoisotopic (exact) mass is 955 g/mol. The molecule has 12 heteroatoms. The van der Waals surface area contributed by atoms with Crippen molar-refractivity contribution >= 4 is 17.9 Å². The Balaban J connectivity index is 0.000000916. The third-order valence-electron chi connectivity index (χ3n) is 11.4. The van der Waals surface area contributed by atoms with Gasteiger partial charge in [-0.3, -0.25) is 14.4 Å². The number of rotatable bonds is 12. The van der Waals surface area contributed by atoms with Crippen molar-refractivity contribution in [1.29, 1.82) is 0 Å². The molecule has 0 saturated heterocycles. The maximum Gasteiger partial charge on any atom is 0.303 e. The van der Waals surface area contributed by atoms with E-state index in [0.29, 0.717) is 36.5 Å². The van der Waals surface area contributed by atoms with Gasteiger partial charge in [0, 0.05) is 24.7 Å². The minimum absolute atomic E-state index is 0.109. The normalized spacial score (nSPS) is 12.4. The molecule has 68 heavy (non-hydrogen) atoms. The number of carboxylic acids is 3. The molecular formula is C56H90O12.